The Balaban J connectivity index is 1.51. The van der Waals surface area contributed by atoms with Crippen LogP contribution in [0.1, 0.15) is 29.2 Å². The van der Waals surface area contributed by atoms with Crippen molar-refractivity contribution in [3.63, 3.8) is 0 Å². The highest BCUT2D eigenvalue weighted by Crippen LogP contribution is 2.30. The number of aliphatic imine (C=N–C) groups is 1. The fourth-order valence-corrected chi connectivity index (χ4v) is 3.47. The van der Waals surface area contributed by atoms with Crippen molar-refractivity contribution in [1.82, 2.24) is 0 Å². The molecule has 0 aliphatic heterocycles. The Morgan fingerprint density at radius 1 is 0.893 bits per heavy atom. The smallest absolute Gasteiger partial charge is 0.0739 e. The highest BCUT2D eigenvalue weighted by molar-refractivity contribution is 7.78. The monoisotopic (exact) mass is 377 g/mol. The number of hydrogen-bond donors (Lipinski definition) is 0. The van der Waals surface area contributed by atoms with Crippen LogP contribution in [0.4, 0.5) is 5.69 Å². The van der Waals surface area contributed by atoms with Crippen LogP contribution in [0.3, 0.4) is 0 Å². The second-order valence-corrected chi connectivity index (χ2v) is 6.99. The summed E-state index contributed by atoms with van der Waals surface area (Å²) in [5, 5.41) is 2.40. The van der Waals surface area contributed by atoms with Crippen LogP contribution in [0.15, 0.2) is 77.3 Å². The van der Waals surface area contributed by atoms with Gasteiger partial charge in [0.2, 0.25) is 0 Å². The van der Waals surface area contributed by atoms with E-state index >= 15 is 0 Å². The fourth-order valence-electron chi connectivity index (χ4n) is 3.36. The van der Waals surface area contributed by atoms with Crippen LogP contribution in [0.25, 0.3) is 17.2 Å². The standard InChI is InChI=1S/C26H19NS/c1-2-19-3-5-20(6-4-19)7-8-21-15-23-9-10-24(17-25(23)16-21)22-11-13-26(14-12-22)27-18-28/h3-6,9-15,17H,2,16H2,1H3. The minimum absolute atomic E-state index is 0.825. The SMILES string of the molecule is CCc1ccc(C#CC2=Cc3ccc(-c4ccc(N=C=S)cc4)cc3C2)cc1. The second kappa shape index (κ2) is 8.19. The predicted molar refractivity (Wildman–Crippen MR) is 121 cm³/mol. The molecular formula is C26H19NS. The summed E-state index contributed by atoms with van der Waals surface area (Å²) in [5.74, 6) is 6.64. The number of benzene rings is 3. The van der Waals surface area contributed by atoms with Gasteiger partial charge in [-0.3, -0.25) is 0 Å². The molecule has 0 aromatic heterocycles. The molecule has 28 heavy (non-hydrogen) atoms. The molecule has 0 amide bonds. The Kier molecular flexibility index (Phi) is 5.31. The highest BCUT2D eigenvalue weighted by Gasteiger charge is 2.12. The Morgan fingerprint density at radius 2 is 1.64 bits per heavy atom. The van der Waals surface area contributed by atoms with Crippen molar-refractivity contribution in [3.8, 4) is 23.0 Å². The summed E-state index contributed by atoms with van der Waals surface area (Å²) in [7, 11) is 0. The maximum atomic E-state index is 4.66. The summed E-state index contributed by atoms with van der Waals surface area (Å²) >= 11 is 4.66. The van der Waals surface area contributed by atoms with Gasteiger partial charge in [0.1, 0.15) is 0 Å². The molecule has 0 atom stereocenters. The topological polar surface area (TPSA) is 12.4 Å². The van der Waals surface area contributed by atoms with E-state index in [1.165, 1.54) is 27.8 Å². The lowest BCUT2D eigenvalue weighted by Gasteiger charge is -2.05. The normalized spacial score (nSPS) is 11.7. The molecule has 0 saturated carbocycles. The first-order chi connectivity index (χ1) is 13.7. The van der Waals surface area contributed by atoms with Gasteiger partial charge in [-0.25, -0.2) is 0 Å². The molecule has 0 bridgehead atoms. The van der Waals surface area contributed by atoms with Crippen LogP contribution in [-0.2, 0) is 12.8 Å². The van der Waals surface area contributed by atoms with Crippen LogP contribution in [-0.4, -0.2) is 5.16 Å². The van der Waals surface area contributed by atoms with Gasteiger partial charge in [-0.05, 0) is 76.8 Å². The van der Waals surface area contributed by atoms with Gasteiger partial charge < -0.3 is 0 Å². The predicted octanol–water partition coefficient (Wildman–Crippen LogP) is 6.64. The lowest BCUT2D eigenvalue weighted by molar-refractivity contribution is 1.14. The minimum atomic E-state index is 0.825. The molecule has 0 unspecified atom stereocenters. The molecule has 2 heteroatoms. The Hall–Kier alpha value is -3.24. The van der Waals surface area contributed by atoms with E-state index < -0.39 is 0 Å². The number of isothiocyanates is 1. The molecule has 0 heterocycles. The van der Waals surface area contributed by atoms with E-state index in [0.717, 1.165) is 29.7 Å². The zero-order valence-electron chi connectivity index (χ0n) is 15.7. The molecule has 0 radical (unpaired) electrons. The zero-order chi connectivity index (χ0) is 19.3. The van der Waals surface area contributed by atoms with Gasteiger partial charge in [-0.15, -0.1) is 0 Å². The van der Waals surface area contributed by atoms with Crippen molar-refractivity contribution in [3.05, 3.63) is 94.6 Å². The van der Waals surface area contributed by atoms with E-state index in [4.69, 9.17) is 0 Å². The first-order valence-electron chi connectivity index (χ1n) is 9.38. The summed E-state index contributed by atoms with van der Waals surface area (Å²) in [6, 6.07) is 23.1. The van der Waals surface area contributed by atoms with Gasteiger partial charge in [-0.1, -0.05) is 61.2 Å². The molecule has 1 nitrogen and oxygen atoms in total. The summed E-state index contributed by atoms with van der Waals surface area (Å²) in [4.78, 5) is 4.01. The molecule has 0 N–H and O–H groups in total. The van der Waals surface area contributed by atoms with Gasteiger partial charge in [0.05, 0.1) is 10.8 Å². The number of aryl methyl sites for hydroxylation is 1. The molecule has 134 valence electrons. The van der Waals surface area contributed by atoms with Crippen molar-refractivity contribution in [2.45, 2.75) is 19.8 Å². The summed E-state index contributed by atoms with van der Waals surface area (Å²) in [6.45, 7) is 2.16. The minimum Gasteiger partial charge on any atom is -0.195 e. The van der Waals surface area contributed by atoms with Crippen LogP contribution in [0, 0.1) is 11.8 Å². The van der Waals surface area contributed by atoms with E-state index in [9.17, 15) is 0 Å². The van der Waals surface area contributed by atoms with E-state index in [1.54, 1.807) is 0 Å². The third kappa shape index (κ3) is 4.02. The number of nitrogens with zero attached hydrogens (tertiary/aromatic N) is 1. The molecule has 0 saturated heterocycles. The maximum absolute atomic E-state index is 4.66. The summed E-state index contributed by atoms with van der Waals surface area (Å²) in [5.41, 5.74) is 9.35. The van der Waals surface area contributed by atoms with Gasteiger partial charge >= 0.3 is 0 Å². The lowest BCUT2D eigenvalue weighted by atomic mass is 10.00. The van der Waals surface area contributed by atoms with Crippen molar-refractivity contribution < 1.29 is 0 Å². The Bertz CT molecular complexity index is 1150. The van der Waals surface area contributed by atoms with Crippen LogP contribution >= 0.6 is 12.2 Å². The molecule has 1 aliphatic carbocycles. The highest BCUT2D eigenvalue weighted by atomic mass is 32.1. The molecular weight excluding hydrogens is 358 g/mol. The average molecular weight is 378 g/mol. The quantitative estimate of drug-likeness (QED) is 0.283. The van der Waals surface area contributed by atoms with E-state index in [1.807, 2.05) is 12.1 Å². The van der Waals surface area contributed by atoms with Crippen molar-refractivity contribution >= 4 is 29.1 Å². The van der Waals surface area contributed by atoms with Crippen LogP contribution in [0.2, 0.25) is 0 Å². The van der Waals surface area contributed by atoms with E-state index in [0.29, 0.717) is 0 Å². The number of hydrogen-bond acceptors (Lipinski definition) is 2. The number of allylic oxidation sites excluding steroid dienone is 1. The number of rotatable bonds is 3. The third-order valence-electron chi connectivity index (χ3n) is 4.96. The summed E-state index contributed by atoms with van der Waals surface area (Å²) in [6.07, 6.45) is 4.14. The first kappa shape index (κ1) is 18.1. The summed E-state index contributed by atoms with van der Waals surface area (Å²) < 4.78 is 0. The number of fused-ring (bicyclic) bond motifs is 1. The maximum Gasteiger partial charge on any atom is 0.0739 e. The third-order valence-corrected chi connectivity index (χ3v) is 5.05. The van der Waals surface area contributed by atoms with Crippen LogP contribution < -0.4 is 0 Å². The molecule has 4 rings (SSSR count). The Morgan fingerprint density at radius 3 is 2.36 bits per heavy atom. The molecule has 0 fully saturated rings. The van der Waals surface area contributed by atoms with E-state index in [-0.39, 0.29) is 0 Å². The van der Waals surface area contributed by atoms with Gasteiger partial charge in [0.15, 0.2) is 0 Å². The van der Waals surface area contributed by atoms with Crippen LogP contribution in [0.5, 0.6) is 0 Å². The van der Waals surface area contributed by atoms with Crippen molar-refractivity contribution in [1.29, 1.82) is 0 Å². The molecule has 3 aromatic carbocycles. The van der Waals surface area contributed by atoms with Gasteiger partial charge in [0.25, 0.3) is 0 Å². The average Bonchev–Trinajstić information content (AvgIpc) is 3.15. The van der Waals surface area contributed by atoms with Crippen molar-refractivity contribution in [2.24, 2.45) is 4.99 Å². The molecule has 0 spiro atoms. The van der Waals surface area contributed by atoms with Crippen molar-refractivity contribution in [2.75, 3.05) is 0 Å². The molecule has 1 aliphatic rings. The number of thiocarbonyl (C=S) groups is 1. The largest absolute Gasteiger partial charge is 0.195 e. The van der Waals surface area contributed by atoms with Gasteiger partial charge in [0, 0.05) is 17.6 Å². The Labute approximate surface area is 171 Å². The first-order valence-corrected chi connectivity index (χ1v) is 9.79. The van der Waals surface area contributed by atoms with Gasteiger partial charge in [-0.2, -0.15) is 4.99 Å². The fraction of sp³-hybridized carbons (Fsp3) is 0.115. The van der Waals surface area contributed by atoms with E-state index in [2.05, 4.69) is 102 Å². The second-order valence-electron chi connectivity index (χ2n) is 6.81. The lowest BCUT2D eigenvalue weighted by Crippen LogP contribution is -1.86. The zero-order valence-corrected chi connectivity index (χ0v) is 16.5. The molecule has 3 aromatic rings.